The summed E-state index contributed by atoms with van der Waals surface area (Å²) in [6.07, 6.45) is 0. The molecule has 0 heterocycles. The van der Waals surface area contributed by atoms with Gasteiger partial charge >= 0.3 is 0 Å². The van der Waals surface area contributed by atoms with Crippen molar-refractivity contribution in [2.24, 2.45) is 0 Å². The van der Waals surface area contributed by atoms with Gasteiger partial charge < -0.3 is 4.74 Å². The topological polar surface area (TPSA) is 84.5 Å². The number of amides is 1. The summed E-state index contributed by atoms with van der Waals surface area (Å²) in [5, 5.41) is 0. The molecule has 1 amide bonds. The zero-order chi connectivity index (χ0) is 16.9. The predicted octanol–water partition coefficient (Wildman–Crippen LogP) is 1.35. The SMILES string of the molecule is O=C(COc1cccc(F)c1)NNS(=O)(=O)c1cccc(F)c1. The van der Waals surface area contributed by atoms with E-state index >= 15 is 0 Å². The van der Waals surface area contributed by atoms with Crippen LogP contribution in [0.2, 0.25) is 0 Å². The fraction of sp³-hybridized carbons (Fsp3) is 0.0714. The number of carbonyl (C=O) groups is 1. The standard InChI is InChI=1S/C14H12F2N2O4S/c15-10-3-1-5-12(7-10)22-9-14(19)17-18-23(20,21)13-6-2-4-11(16)8-13/h1-8,18H,9H2,(H,17,19). The van der Waals surface area contributed by atoms with Crippen molar-refractivity contribution in [3.05, 3.63) is 60.2 Å². The first-order chi connectivity index (χ1) is 10.9. The number of ether oxygens (including phenoxy) is 1. The molecule has 2 aromatic rings. The summed E-state index contributed by atoms with van der Waals surface area (Å²) in [6.45, 7) is -0.533. The molecule has 0 saturated carbocycles. The van der Waals surface area contributed by atoms with Gasteiger partial charge in [0.25, 0.3) is 15.9 Å². The molecule has 2 N–H and O–H groups in total. The molecular weight excluding hydrogens is 330 g/mol. The van der Waals surface area contributed by atoms with Gasteiger partial charge in [-0.3, -0.25) is 10.2 Å². The largest absolute Gasteiger partial charge is 0.484 e. The Morgan fingerprint density at radius 2 is 1.70 bits per heavy atom. The third-order valence-corrected chi connectivity index (χ3v) is 3.84. The van der Waals surface area contributed by atoms with Gasteiger partial charge in [0.2, 0.25) is 0 Å². The van der Waals surface area contributed by atoms with Gasteiger partial charge in [0, 0.05) is 6.07 Å². The highest BCUT2D eigenvalue weighted by Crippen LogP contribution is 2.11. The van der Waals surface area contributed by atoms with Crippen LogP contribution in [-0.4, -0.2) is 20.9 Å². The minimum atomic E-state index is -4.11. The van der Waals surface area contributed by atoms with E-state index in [9.17, 15) is 22.0 Å². The lowest BCUT2D eigenvalue weighted by Crippen LogP contribution is -2.43. The minimum absolute atomic E-state index is 0.119. The van der Waals surface area contributed by atoms with Gasteiger partial charge in [0.05, 0.1) is 4.90 Å². The van der Waals surface area contributed by atoms with Crippen LogP contribution in [-0.2, 0) is 14.8 Å². The van der Waals surface area contributed by atoms with Gasteiger partial charge in [-0.1, -0.05) is 12.1 Å². The molecule has 122 valence electrons. The van der Waals surface area contributed by atoms with Gasteiger partial charge in [-0.05, 0) is 30.3 Å². The second-order valence-corrected chi connectivity index (χ2v) is 6.04. The number of hydrogen-bond acceptors (Lipinski definition) is 4. The Balaban J connectivity index is 1.88. The van der Waals surface area contributed by atoms with Crippen molar-refractivity contribution in [3.63, 3.8) is 0 Å². The number of nitrogens with one attached hydrogen (secondary N) is 2. The molecule has 9 heteroatoms. The summed E-state index contributed by atoms with van der Waals surface area (Å²) in [7, 11) is -4.11. The van der Waals surface area contributed by atoms with Crippen LogP contribution < -0.4 is 15.0 Å². The van der Waals surface area contributed by atoms with Gasteiger partial charge in [-0.2, -0.15) is 0 Å². The van der Waals surface area contributed by atoms with Crippen LogP contribution >= 0.6 is 0 Å². The molecule has 0 saturated heterocycles. The fourth-order valence-electron chi connectivity index (χ4n) is 1.56. The maximum Gasteiger partial charge on any atom is 0.272 e. The van der Waals surface area contributed by atoms with Crippen molar-refractivity contribution in [1.29, 1.82) is 0 Å². The van der Waals surface area contributed by atoms with Crippen LogP contribution in [0.3, 0.4) is 0 Å². The first-order valence-corrected chi connectivity index (χ1v) is 7.80. The fourth-order valence-corrected chi connectivity index (χ4v) is 2.45. The second kappa shape index (κ2) is 7.16. The average Bonchev–Trinajstić information content (AvgIpc) is 2.51. The van der Waals surface area contributed by atoms with E-state index in [4.69, 9.17) is 4.74 Å². The minimum Gasteiger partial charge on any atom is -0.484 e. The van der Waals surface area contributed by atoms with E-state index in [1.165, 1.54) is 30.3 Å². The van der Waals surface area contributed by atoms with E-state index in [1.807, 2.05) is 5.43 Å². The highest BCUT2D eigenvalue weighted by atomic mass is 32.2. The van der Waals surface area contributed by atoms with E-state index in [0.717, 1.165) is 18.2 Å². The molecule has 2 aromatic carbocycles. The van der Waals surface area contributed by atoms with Crippen molar-refractivity contribution in [2.45, 2.75) is 4.90 Å². The Morgan fingerprint density at radius 3 is 2.35 bits per heavy atom. The number of hydrazine groups is 1. The van der Waals surface area contributed by atoms with Gasteiger partial charge in [0.1, 0.15) is 17.4 Å². The number of carbonyl (C=O) groups excluding carboxylic acids is 1. The van der Waals surface area contributed by atoms with E-state index in [-0.39, 0.29) is 10.6 Å². The van der Waals surface area contributed by atoms with Crippen molar-refractivity contribution in [3.8, 4) is 5.75 Å². The zero-order valence-electron chi connectivity index (χ0n) is 11.6. The zero-order valence-corrected chi connectivity index (χ0v) is 12.4. The molecule has 0 radical (unpaired) electrons. The van der Waals surface area contributed by atoms with E-state index in [0.29, 0.717) is 0 Å². The Bertz CT molecular complexity index is 812. The predicted molar refractivity (Wildman–Crippen MR) is 76.8 cm³/mol. The Labute approximate surface area is 131 Å². The normalized spacial score (nSPS) is 11.0. The second-order valence-electron chi connectivity index (χ2n) is 4.36. The van der Waals surface area contributed by atoms with Crippen LogP contribution in [0.5, 0.6) is 5.75 Å². The Morgan fingerprint density at radius 1 is 1.04 bits per heavy atom. The summed E-state index contributed by atoms with van der Waals surface area (Å²) in [5.41, 5.74) is 1.91. The van der Waals surface area contributed by atoms with Crippen molar-refractivity contribution in [1.82, 2.24) is 10.3 Å². The number of rotatable bonds is 6. The average molecular weight is 342 g/mol. The first-order valence-electron chi connectivity index (χ1n) is 6.31. The molecule has 0 aliphatic carbocycles. The molecule has 2 rings (SSSR count). The number of hydrogen-bond donors (Lipinski definition) is 2. The van der Waals surface area contributed by atoms with Crippen molar-refractivity contribution >= 4 is 15.9 Å². The molecule has 6 nitrogen and oxygen atoms in total. The van der Waals surface area contributed by atoms with E-state index in [2.05, 4.69) is 0 Å². The lowest BCUT2D eigenvalue weighted by Gasteiger charge is -2.09. The van der Waals surface area contributed by atoms with E-state index in [1.54, 1.807) is 4.83 Å². The molecule has 23 heavy (non-hydrogen) atoms. The quantitative estimate of drug-likeness (QED) is 0.776. The molecule has 0 aliphatic heterocycles. The van der Waals surface area contributed by atoms with Crippen LogP contribution in [0.4, 0.5) is 8.78 Å². The van der Waals surface area contributed by atoms with Gasteiger partial charge in [-0.25, -0.2) is 17.2 Å². The summed E-state index contributed by atoms with van der Waals surface area (Å²) in [6, 6.07) is 9.40. The Kier molecular flexibility index (Phi) is 5.24. The maximum atomic E-state index is 13.0. The molecule has 0 spiro atoms. The molecular formula is C14H12F2N2O4S. The van der Waals surface area contributed by atoms with E-state index < -0.39 is 34.2 Å². The summed E-state index contributed by atoms with van der Waals surface area (Å²) in [5.74, 6) is -1.95. The summed E-state index contributed by atoms with van der Waals surface area (Å²) in [4.78, 5) is 13.0. The van der Waals surface area contributed by atoms with Crippen LogP contribution in [0.1, 0.15) is 0 Å². The lowest BCUT2D eigenvalue weighted by atomic mass is 10.3. The molecule has 0 aliphatic rings. The molecule has 0 unspecified atom stereocenters. The van der Waals surface area contributed by atoms with Gasteiger partial charge in [0.15, 0.2) is 6.61 Å². The van der Waals surface area contributed by atoms with Crippen LogP contribution in [0, 0.1) is 11.6 Å². The Hall–Kier alpha value is -2.52. The van der Waals surface area contributed by atoms with Crippen LogP contribution in [0.25, 0.3) is 0 Å². The maximum absolute atomic E-state index is 13.0. The van der Waals surface area contributed by atoms with Gasteiger partial charge in [-0.15, -0.1) is 4.83 Å². The molecule has 0 fully saturated rings. The molecule has 0 bridgehead atoms. The summed E-state index contributed by atoms with van der Waals surface area (Å²) >= 11 is 0. The smallest absolute Gasteiger partial charge is 0.272 e. The highest BCUT2D eigenvalue weighted by molar-refractivity contribution is 7.89. The summed E-state index contributed by atoms with van der Waals surface area (Å²) < 4.78 is 54.6. The monoisotopic (exact) mass is 342 g/mol. The van der Waals surface area contributed by atoms with Crippen molar-refractivity contribution < 1.29 is 26.7 Å². The van der Waals surface area contributed by atoms with Crippen molar-refractivity contribution in [2.75, 3.05) is 6.61 Å². The van der Waals surface area contributed by atoms with Crippen LogP contribution in [0.15, 0.2) is 53.4 Å². The lowest BCUT2D eigenvalue weighted by molar-refractivity contribution is -0.123. The molecule has 0 aromatic heterocycles. The highest BCUT2D eigenvalue weighted by Gasteiger charge is 2.15. The third kappa shape index (κ3) is 5.01. The number of benzene rings is 2. The number of sulfonamides is 1. The third-order valence-electron chi connectivity index (χ3n) is 2.60. The molecule has 0 atom stereocenters. The first kappa shape index (κ1) is 16.8. The number of halogens is 2.